The summed E-state index contributed by atoms with van der Waals surface area (Å²) in [4.78, 5) is 0.694. The number of halogens is 2. The maximum atomic E-state index is 4.64. The van der Waals surface area contributed by atoms with Crippen LogP contribution in [0.1, 0.15) is 44.5 Å². The largest absolute Gasteiger partial charge is 0.268 e. The molecule has 17 heavy (non-hydrogen) atoms. The fourth-order valence-corrected chi connectivity index (χ4v) is 3.74. The molecule has 0 radical (unpaired) electrons. The Labute approximate surface area is 120 Å². The Morgan fingerprint density at radius 3 is 2.65 bits per heavy atom. The number of aryl methyl sites for hydroxylation is 2. The van der Waals surface area contributed by atoms with Gasteiger partial charge >= 0.3 is 0 Å². The van der Waals surface area contributed by atoms with E-state index in [1.807, 2.05) is 0 Å². The number of alkyl halides is 1. The van der Waals surface area contributed by atoms with E-state index in [-0.39, 0.29) is 0 Å². The minimum atomic E-state index is 0.694. The molecule has 0 amide bonds. The summed E-state index contributed by atoms with van der Waals surface area (Å²) in [5.74, 6) is 0.928. The zero-order chi connectivity index (χ0) is 12.4. The van der Waals surface area contributed by atoms with E-state index in [0.29, 0.717) is 4.83 Å². The van der Waals surface area contributed by atoms with Gasteiger partial charge in [-0.1, -0.05) is 22.9 Å². The first kappa shape index (κ1) is 13.6. The lowest BCUT2D eigenvalue weighted by Gasteiger charge is -2.09. The zero-order valence-corrected chi connectivity index (χ0v) is 13.7. The summed E-state index contributed by atoms with van der Waals surface area (Å²) >= 11 is 7.52. The Morgan fingerprint density at radius 1 is 1.41 bits per heavy atom. The molecule has 1 aliphatic carbocycles. The first-order valence-corrected chi connectivity index (χ1v) is 8.26. The molecule has 1 aromatic rings. The molecule has 2 nitrogen and oxygen atoms in total. The van der Waals surface area contributed by atoms with Gasteiger partial charge in [-0.25, -0.2) is 0 Å². The summed E-state index contributed by atoms with van der Waals surface area (Å²) in [6.45, 7) is 5.29. The van der Waals surface area contributed by atoms with E-state index in [1.54, 1.807) is 0 Å². The van der Waals surface area contributed by atoms with Crippen LogP contribution in [0.15, 0.2) is 4.47 Å². The monoisotopic (exact) mass is 362 g/mol. The normalized spacial score (nSPS) is 17.4. The van der Waals surface area contributed by atoms with Gasteiger partial charge in [-0.3, -0.25) is 4.68 Å². The number of hydrogen-bond donors (Lipinski definition) is 0. The van der Waals surface area contributed by atoms with Crippen LogP contribution in [-0.4, -0.2) is 14.6 Å². The second-order valence-electron chi connectivity index (χ2n) is 4.77. The Hall–Kier alpha value is 0.170. The van der Waals surface area contributed by atoms with Gasteiger partial charge < -0.3 is 0 Å². The number of aromatic nitrogens is 2. The number of hydrogen-bond acceptors (Lipinski definition) is 1. The maximum Gasteiger partial charge on any atom is 0.0766 e. The average molecular weight is 364 g/mol. The van der Waals surface area contributed by atoms with E-state index in [2.05, 4.69) is 55.5 Å². The SMILES string of the molecule is CCc1nn(CC)c(CCC(Br)C2CC2)c1Br. The van der Waals surface area contributed by atoms with Crippen molar-refractivity contribution >= 4 is 31.9 Å². The first-order valence-electron chi connectivity index (χ1n) is 6.55. The molecule has 1 heterocycles. The highest BCUT2D eigenvalue weighted by Gasteiger charge is 2.29. The zero-order valence-electron chi connectivity index (χ0n) is 10.5. The molecule has 0 saturated heterocycles. The standard InChI is InChI=1S/C13H20Br2N2/c1-3-11-13(15)12(17(4-2)16-11)8-7-10(14)9-5-6-9/h9-10H,3-8H2,1-2H3. The number of rotatable bonds is 6. The van der Waals surface area contributed by atoms with Crippen molar-refractivity contribution in [2.45, 2.75) is 57.3 Å². The van der Waals surface area contributed by atoms with E-state index >= 15 is 0 Å². The summed E-state index contributed by atoms with van der Waals surface area (Å²) in [6, 6.07) is 0. The third-order valence-corrected chi connectivity index (χ3v) is 5.61. The molecular weight excluding hydrogens is 344 g/mol. The van der Waals surface area contributed by atoms with Gasteiger partial charge in [-0.2, -0.15) is 5.10 Å². The third-order valence-electron chi connectivity index (χ3n) is 3.48. The first-order chi connectivity index (χ1) is 8.17. The van der Waals surface area contributed by atoms with Crippen molar-refractivity contribution in [3.05, 3.63) is 15.9 Å². The predicted molar refractivity (Wildman–Crippen MR) is 78.7 cm³/mol. The molecule has 4 heteroatoms. The molecule has 1 atom stereocenters. The van der Waals surface area contributed by atoms with Crippen molar-refractivity contribution in [3.63, 3.8) is 0 Å². The highest BCUT2D eigenvalue weighted by molar-refractivity contribution is 9.10. The quantitative estimate of drug-likeness (QED) is 0.687. The molecule has 0 aromatic carbocycles. The summed E-state index contributed by atoms with van der Waals surface area (Å²) in [5.41, 5.74) is 2.56. The van der Waals surface area contributed by atoms with Crippen LogP contribution in [0.3, 0.4) is 0 Å². The highest BCUT2D eigenvalue weighted by Crippen LogP contribution is 2.39. The summed E-state index contributed by atoms with van der Waals surface area (Å²) in [5, 5.41) is 4.64. The second kappa shape index (κ2) is 5.87. The van der Waals surface area contributed by atoms with Gasteiger partial charge in [0, 0.05) is 11.4 Å². The van der Waals surface area contributed by atoms with Crippen molar-refractivity contribution in [1.29, 1.82) is 0 Å². The molecule has 1 aromatic heterocycles. The fourth-order valence-electron chi connectivity index (χ4n) is 2.22. The molecule has 96 valence electrons. The molecule has 1 aliphatic rings. The van der Waals surface area contributed by atoms with Crippen LogP contribution in [0.4, 0.5) is 0 Å². The maximum absolute atomic E-state index is 4.64. The predicted octanol–water partition coefficient (Wildman–Crippen LogP) is 4.33. The Morgan fingerprint density at radius 2 is 2.12 bits per heavy atom. The van der Waals surface area contributed by atoms with Crippen molar-refractivity contribution in [2.75, 3.05) is 0 Å². The van der Waals surface area contributed by atoms with Crippen molar-refractivity contribution in [1.82, 2.24) is 9.78 Å². The van der Waals surface area contributed by atoms with E-state index in [0.717, 1.165) is 25.3 Å². The molecule has 0 N–H and O–H groups in total. The lowest BCUT2D eigenvalue weighted by atomic mass is 10.1. The van der Waals surface area contributed by atoms with Crippen LogP contribution >= 0.6 is 31.9 Å². The Kier molecular flexibility index (Phi) is 4.70. The molecule has 1 saturated carbocycles. The topological polar surface area (TPSA) is 17.8 Å². The fraction of sp³-hybridized carbons (Fsp3) is 0.769. The van der Waals surface area contributed by atoms with E-state index in [1.165, 1.54) is 35.1 Å². The lowest BCUT2D eigenvalue weighted by molar-refractivity contribution is 0.591. The van der Waals surface area contributed by atoms with Crippen LogP contribution in [0.2, 0.25) is 0 Å². The van der Waals surface area contributed by atoms with Gasteiger partial charge in [0.2, 0.25) is 0 Å². The molecular formula is C13H20Br2N2. The van der Waals surface area contributed by atoms with E-state index < -0.39 is 0 Å². The lowest BCUT2D eigenvalue weighted by Crippen LogP contribution is -2.07. The molecule has 1 fully saturated rings. The highest BCUT2D eigenvalue weighted by atomic mass is 79.9. The third kappa shape index (κ3) is 3.14. The number of nitrogens with zero attached hydrogens (tertiary/aromatic N) is 2. The van der Waals surface area contributed by atoms with Crippen molar-refractivity contribution in [3.8, 4) is 0 Å². The van der Waals surface area contributed by atoms with E-state index in [4.69, 9.17) is 0 Å². The minimum Gasteiger partial charge on any atom is -0.268 e. The average Bonchev–Trinajstić information content (AvgIpc) is 3.12. The molecule has 0 spiro atoms. The molecule has 0 bridgehead atoms. The molecule has 1 unspecified atom stereocenters. The van der Waals surface area contributed by atoms with Gasteiger partial charge in [0.1, 0.15) is 0 Å². The van der Waals surface area contributed by atoms with Crippen LogP contribution in [0.25, 0.3) is 0 Å². The summed E-state index contributed by atoms with van der Waals surface area (Å²) in [7, 11) is 0. The van der Waals surface area contributed by atoms with Crippen LogP contribution < -0.4 is 0 Å². The van der Waals surface area contributed by atoms with Crippen LogP contribution in [0.5, 0.6) is 0 Å². The molecule has 2 rings (SSSR count). The summed E-state index contributed by atoms with van der Waals surface area (Å²) < 4.78 is 3.38. The van der Waals surface area contributed by atoms with Crippen LogP contribution in [-0.2, 0) is 19.4 Å². The Balaban J connectivity index is 2.04. The summed E-state index contributed by atoms with van der Waals surface area (Å²) in [6.07, 6.45) is 6.15. The van der Waals surface area contributed by atoms with Gasteiger partial charge in [0.25, 0.3) is 0 Å². The molecule has 0 aliphatic heterocycles. The second-order valence-corrected chi connectivity index (χ2v) is 6.74. The van der Waals surface area contributed by atoms with Crippen LogP contribution in [0, 0.1) is 5.92 Å². The van der Waals surface area contributed by atoms with Gasteiger partial charge in [-0.15, -0.1) is 0 Å². The minimum absolute atomic E-state index is 0.694. The van der Waals surface area contributed by atoms with Gasteiger partial charge in [0.05, 0.1) is 15.9 Å². The Bertz CT molecular complexity index is 383. The smallest absolute Gasteiger partial charge is 0.0766 e. The van der Waals surface area contributed by atoms with Gasteiger partial charge in [0.15, 0.2) is 0 Å². The van der Waals surface area contributed by atoms with Crippen molar-refractivity contribution < 1.29 is 0 Å². The van der Waals surface area contributed by atoms with Crippen molar-refractivity contribution in [2.24, 2.45) is 5.92 Å². The van der Waals surface area contributed by atoms with E-state index in [9.17, 15) is 0 Å². The van der Waals surface area contributed by atoms with Gasteiger partial charge in [-0.05, 0) is 60.9 Å².